The van der Waals surface area contributed by atoms with Crippen LogP contribution in [0.2, 0.25) is 0 Å². The summed E-state index contributed by atoms with van der Waals surface area (Å²) in [5.74, 6) is -1.10. The molecule has 1 aromatic carbocycles. The molecular weight excluding hydrogens is 434 g/mol. The molecule has 10 heteroatoms. The van der Waals surface area contributed by atoms with Gasteiger partial charge >= 0.3 is 0 Å². The molecule has 6 N–H and O–H groups in total. The van der Waals surface area contributed by atoms with E-state index in [9.17, 15) is 30.0 Å². The molecule has 0 saturated carbocycles. The Kier molecular flexibility index (Phi) is 13.3. The Labute approximate surface area is 193 Å². The zero-order valence-electron chi connectivity index (χ0n) is 19.0. The van der Waals surface area contributed by atoms with Gasteiger partial charge in [0.05, 0.1) is 20.3 Å². The average molecular weight is 470 g/mol. The molecule has 0 spiro atoms. The van der Waals surface area contributed by atoms with Crippen LogP contribution in [-0.2, 0) is 9.59 Å². The van der Waals surface area contributed by atoms with Crippen molar-refractivity contribution in [2.45, 2.75) is 63.4 Å². The summed E-state index contributed by atoms with van der Waals surface area (Å²) in [6, 6.07) is 5.07. The number of hydrogen-bond acceptors (Lipinski definition) is 9. The van der Waals surface area contributed by atoms with Crippen molar-refractivity contribution >= 4 is 17.9 Å². The summed E-state index contributed by atoms with van der Waals surface area (Å²) < 4.78 is 11.1. The van der Waals surface area contributed by atoms with Crippen molar-refractivity contribution in [1.29, 1.82) is 0 Å². The Morgan fingerprint density at radius 3 is 2.36 bits per heavy atom. The topological polar surface area (TPSA) is 166 Å². The highest BCUT2D eigenvalue weighted by molar-refractivity contribution is 6.04. The van der Waals surface area contributed by atoms with Crippen LogP contribution in [0.5, 0.6) is 11.5 Å². The van der Waals surface area contributed by atoms with Crippen LogP contribution in [0.4, 0.5) is 0 Å². The molecule has 0 unspecified atom stereocenters. The van der Waals surface area contributed by atoms with Gasteiger partial charge in [-0.2, -0.15) is 0 Å². The zero-order valence-corrected chi connectivity index (χ0v) is 19.0. The monoisotopic (exact) mass is 469 g/mol. The van der Waals surface area contributed by atoms with E-state index in [1.54, 1.807) is 18.2 Å². The van der Waals surface area contributed by atoms with Gasteiger partial charge < -0.3 is 35.0 Å². The third kappa shape index (κ3) is 9.89. The molecular formula is C23H35NO9. The van der Waals surface area contributed by atoms with E-state index in [0.29, 0.717) is 23.7 Å². The number of benzene rings is 1. The number of rotatable bonds is 15. The SMILES string of the molecule is CCCCCCCOc1ccc(C=CC(=O)NC(=O)[C@H](O)[C@@H](O)[C@H](O)[C@H](O)CO)cc1OC. The molecule has 33 heavy (non-hydrogen) atoms. The molecule has 0 heterocycles. The predicted molar refractivity (Wildman–Crippen MR) is 121 cm³/mol. The van der Waals surface area contributed by atoms with Crippen molar-refractivity contribution < 1.29 is 44.6 Å². The highest BCUT2D eigenvalue weighted by Gasteiger charge is 2.34. The van der Waals surface area contributed by atoms with E-state index in [2.05, 4.69) is 6.92 Å². The van der Waals surface area contributed by atoms with Gasteiger partial charge in [0.1, 0.15) is 18.3 Å². The van der Waals surface area contributed by atoms with Crippen LogP contribution in [0.3, 0.4) is 0 Å². The second-order valence-corrected chi connectivity index (χ2v) is 7.54. The molecule has 4 atom stereocenters. The zero-order chi connectivity index (χ0) is 24.8. The van der Waals surface area contributed by atoms with Gasteiger partial charge in [0.2, 0.25) is 0 Å². The first-order chi connectivity index (χ1) is 15.7. The van der Waals surface area contributed by atoms with Gasteiger partial charge in [0.25, 0.3) is 11.8 Å². The first kappa shape index (κ1) is 28.5. The molecule has 10 nitrogen and oxygen atoms in total. The molecule has 0 fully saturated rings. The van der Waals surface area contributed by atoms with Gasteiger partial charge in [0, 0.05) is 6.08 Å². The van der Waals surface area contributed by atoms with Gasteiger partial charge in [-0.15, -0.1) is 0 Å². The number of carbonyl (C=O) groups excluding carboxylic acids is 2. The molecule has 0 aromatic heterocycles. The molecule has 1 aromatic rings. The van der Waals surface area contributed by atoms with E-state index in [1.807, 2.05) is 5.32 Å². The van der Waals surface area contributed by atoms with Crippen LogP contribution < -0.4 is 14.8 Å². The fraction of sp³-hybridized carbons (Fsp3) is 0.565. The molecule has 1 rings (SSSR count). The predicted octanol–water partition coefficient (Wildman–Crippen LogP) is 0.136. The molecule has 2 amide bonds. The molecule has 0 aliphatic rings. The number of aliphatic hydroxyl groups excluding tert-OH is 5. The van der Waals surface area contributed by atoms with Gasteiger partial charge in [0.15, 0.2) is 17.6 Å². The van der Waals surface area contributed by atoms with Crippen LogP contribution in [0.25, 0.3) is 6.08 Å². The number of imide groups is 1. The lowest BCUT2D eigenvalue weighted by Gasteiger charge is -2.24. The van der Waals surface area contributed by atoms with Crippen molar-refractivity contribution in [1.82, 2.24) is 5.32 Å². The minimum Gasteiger partial charge on any atom is -0.493 e. The van der Waals surface area contributed by atoms with Crippen molar-refractivity contribution in [3.8, 4) is 11.5 Å². The minimum atomic E-state index is -2.20. The number of nitrogens with one attached hydrogen (secondary N) is 1. The number of amides is 2. The lowest BCUT2D eigenvalue weighted by atomic mass is 10.0. The van der Waals surface area contributed by atoms with E-state index in [4.69, 9.17) is 14.6 Å². The number of carbonyl (C=O) groups is 2. The third-order valence-electron chi connectivity index (χ3n) is 4.89. The van der Waals surface area contributed by atoms with Gasteiger partial charge in [-0.05, 0) is 30.2 Å². The highest BCUT2D eigenvalue weighted by Crippen LogP contribution is 2.28. The maximum atomic E-state index is 12.0. The van der Waals surface area contributed by atoms with Crippen LogP contribution in [0, 0.1) is 0 Å². The van der Waals surface area contributed by atoms with E-state index in [0.717, 1.165) is 18.9 Å². The molecule has 0 saturated heterocycles. The summed E-state index contributed by atoms with van der Waals surface area (Å²) >= 11 is 0. The van der Waals surface area contributed by atoms with Crippen molar-refractivity contribution in [2.24, 2.45) is 0 Å². The van der Waals surface area contributed by atoms with E-state index in [1.165, 1.54) is 32.4 Å². The van der Waals surface area contributed by atoms with E-state index >= 15 is 0 Å². The van der Waals surface area contributed by atoms with Crippen LogP contribution in [-0.4, -0.2) is 82.1 Å². The fourth-order valence-electron chi connectivity index (χ4n) is 2.88. The van der Waals surface area contributed by atoms with Crippen LogP contribution >= 0.6 is 0 Å². The second-order valence-electron chi connectivity index (χ2n) is 7.54. The minimum absolute atomic E-state index is 0.483. The van der Waals surface area contributed by atoms with Gasteiger partial charge in [-0.25, -0.2) is 0 Å². The normalized spacial score (nSPS) is 15.0. The lowest BCUT2D eigenvalue weighted by molar-refractivity contribution is -0.150. The molecule has 0 radical (unpaired) electrons. The molecule has 0 aliphatic carbocycles. The van der Waals surface area contributed by atoms with Crippen molar-refractivity contribution in [2.75, 3.05) is 20.3 Å². The number of ether oxygens (including phenoxy) is 2. The largest absolute Gasteiger partial charge is 0.493 e. The van der Waals surface area contributed by atoms with Gasteiger partial charge in [-0.1, -0.05) is 38.7 Å². The second kappa shape index (κ2) is 15.4. The van der Waals surface area contributed by atoms with E-state index < -0.39 is 42.8 Å². The van der Waals surface area contributed by atoms with Gasteiger partial charge in [-0.3, -0.25) is 14.9 Å². The maximum absolute atomic E-state index is 12.0. The summed E-state index contributed by atoms with van der Waals surface area (Å²) in [6.07, 6.45) is -0.00380. The maximum Gasteiger partial charge on any atom is 0.258 e. The third-order valence-corrected chi connectivity index (χ3v) is 4.89. The summed E-state index contributed by atoms with van der Waals surface area (Å²) in [4.78, 5) is 23.8. The number of hydrogen-bond donors (Lipinski definition) is 6. The highest BCUT2D eigenvalue weighted by atomic mass is 16.5. The number of methoxy groups -OCH3 is 1. The van der Waals surface area contributed by atoms with Crippen LogP contribution in [0.1, 0.15) is 44.6 Å². The Hall–Kier alpha value is -2.50. The first-order valence-electron chi connectivity index (χ1n) is 10.9. The first-order valence-corrected chi connectivity index (χ1v) is 10.9. The molecule has 0 aliphatic heterocycles. The fourth-order valence-corrected chi connectivity index (χ4v) is 2.88. The lowest BCUT2D eigenvalue weighted by Crippen LogP contribution is -2.52. The molecule has 186 valence electrons. The number of aliphatic hydroxyl groups is 5. The quantitative estimate of drug-likeness (QED) is 0.155. The van der Waals surface area contributed by atoms with E-state index in [-0.39, 0.29) is 0 Å². The summed E-state index contributed by atoms with van der Waals surface area (Å²) in [7, 11) is 1.50. The van der Waals surface area contributed by atoms with Crippen molar-refractivity contribution in [3.05, 3.63) is 29.8 Å². The van der Waals surface area contributed by atoms with Crippen molar-refractivity contribution in [3.63, 3.8) is 0 Å². The Balaban J connectivity index is 2.62. The average Bonchev–Trinajstić information content (AvgIpc) is 2.83. The Bertz CT molecular complexity index is 768. The number of unbranched alkanes of at least 4 members (excludes halogenated alkanes) is 4. The Morgan fingerprint density at radius 1 is 1.03 bits per heavy atom. The summed E-state index contributed by atoms with van der Waals surface area (Å²) in [5, 5.41) is 48.8. The standard InChI is InChI=1S/C23H35NO9/c1-3-4-5-6-7-12-33-17-10-8-15(13-18(17)32-2)9-11-19(27)24-23(31)22(30)21(29)20(28)16(26)14-25/h8-11,13,16,20-22,25-26,28-30H,3-7,12,14H2,1-2H3,(H,24,27,31)/t16-,20-,21+,22-/m1/s1. The molecule has 0 bridgehead atoms. The smallest absolute Gasteiger partial charge is 0.258 e. The summed E-state index contributed by atoms with van der Waals surface area (Å²) in [6.45, 7) is 1.84. The Morgan fingerprint density at radius 2 is 1.73 bits per heavy atom. The van der Waals surface area contributed by atoms with Crippen LogP contribution in [0.15, 0.2) is 24.3 Å². The summed E-state index contributed by atoms with van der Waals surface area (Å²) in [5.41, 5.74) is 0.590.